The molecular weight excluding hydrogens is 470 g/mol. The number of allylic oxidation sites excluding steroid dienone is 2. The van der Waals surface area contributed by atoms with Crippen LogP contribution in [0.5, 0.6) is 11.5 Å². The molecule has 1 amide bonds. The molecule has 0 spiro atoms. The van der Waals surface area contributed by atoms with Gasteiger partial charge in [-0.3, -0.25) is 9.59 Å². The summed E-state index contributed by atoms with van der Waals surface area (Å²) in [5.74, 6) is 1.54. The molecular formula is C26H26BrNO4. The van der Waals surface area contributed by atoms with Gasteiger partial charge in [-0.15, -0.1) is 0 Å². The van der Waals surface area contributed by atoms with Gasteiger partial charge in [-0.25, -0.2) is 0 Å². The minimum absolute atomic E-state index is 0.0344. The molecule has 0 radical (unpaired) electrons. The molecule has 0 bridgehead atoms. The summed E-state index contributed by atoms with van der Waals surface area (Å²) in [6, 6.07) is 11.4. The molecule has 166 valence electrons. The highest BCUT2D eigenvalue weighted by Gasteiger charge is 2.29. The van der Waals surface area contributed by atoms with E-state index in [9.17, 15) is 9.59 Å². The minimum atomic E-state index is -0.0464. The molecule has 0 aromatic heterocycles. The maximum Gasteiger partial charge on any atom is 0.227 e. The zero-order valence-electron chi connectivity index (χ0n) is 17.9. The molecule has 2 aromatic carbocycles. The lowest BCUT2D eigenvalue weighted by molar-refractivity contribution is -0.120. The number of ketones is 1. The number of carbonyl (C=O) groups excluding carboxylic acids is 2. The average molecular weight is 496 g/mol. The normalized spacial score (nSPS) is 20.4. The van der Waals surface area contributed by atoms with E-state index in [1.54, 1.807) is 0 Å². The van der Waals surface area contributed by atoms with Crippen molar-refractivity contribution in [2.45, 2.75) is 44.9 Å². The maximum atomic E-state index is 13.3. The molecule has 5 nitrogen and oxygen atoms in total. The molecule has 2 aliphatic carbocycles. The summed E-state index contributed by atoms with van der Waals surface area (Å²) in [7, 11) is 0. The highest BCUT2D eigenvalue weighted by Crippen LogP contribution is 2.37. The number of nitrogens with one attached hydrogen (secondary N) is 1. The first-order valence-corrected chi connectivity index (χ1v) is 12.1. The summed E-state index contributed by atoms with van der Waals surface area (Å²) < 4.78 is 12.2. The highest BCUT2D eigenvalue weighted by atomic mass is 79.9. The van der Waals surface area contributed by atoms with E-state index in [0.717, 1.165) is 71.8 Å². The van der Waals surface area contributed by atoms with Crippen LogP contribution in [0, 0.1) is 5.92 Å². The standard InChI is InChI=1S/C26H26BrNO4/c27-22-6-2-5-21-20(22)4-1-3-19(25(21)29)16-7-9-17(10-8-16)26(30)28-18-11-12-23-24(15-18)32-14-13-31-23/h2,5-6,11-12,15,17H,1,3-4,7-10,13-14H2,(H,28,30). The second-order valence-corrected chi connectivity index (χ2v) is 9.51. The van der Waals surface area contributed by atoms with E-state index in [4.69, 9.17) is 9.47 Å². The number of ether oxygens (including phenoxy) is 2. The van der Waals surface area contributed by atoms with Crippen molar-refractivity contribution < 1.29 is 19.1 Å². The minimum Gasteiger partial charge on any atom is -0.486 e. The van der Waals surface area contributed by atoms with Gasteiger partial charge in [0.2, 0.25) is 5.91 Å². The van der Waals surface area contributed by atoms with E-state index in [1.807, 2.05) is 36.4 Å². The van der Waals surface area contributed by atoms with Crippen molar-refractivity contribution in [1.82, 2.24) is 0 Å². The van der Waals surface area contributed by atoms with Gasteiger partial charge in [-0.05, 0) is 74.3 Å². The molecule has 0 saturated heterocycles. The van der Waals surface area contributed by atoms with Gasteiger partial charge in [0.1, 0.15) is 13.2 Å². The summed E-state index contributed by atoms with van der Waals surface area (Å²) in [5, 5.41) is 3.03. The van der Waals surface area contributed by atoms with Crippen LogP contribution in [0.15, 0.2) is 52.0 Å². The predicted octanol–water partition coefficient (Wildman–Crippen LogP) is 5.86. The van der Waals surface area contributed by atoms with E-state index in [1.165, 1.54) is 5.57 Å². The van der Waals surface area contributed by atoms with E-state index >= 15 is 0 Å². The fourth-order valence-corrected chi connectivity index (χ4v) is 5.54. The second kappa shape index (κ2) is 9.10. The molecule has 1 aliphatic heterocycles. The van der Waals surface area contributed by atoms with Gasteiger partial charge in [0, 0.05) is 27.7 Å². The first-order valence-electron chi connectivity index (χ1n) is 11.3. The van der Waals surface area contributed by atoms with Crippen LogP contribution < -0.4 is 14.8 Å². The van der Waals surface area contributed by atoms with E-state index in [0.29, 0.717) is 24.7 Å². The molecule has 3 aliphatic rings. The van der Waals surface area contributed by atoms with Crippen molar-refractivity contribution in [3.63, 3.8) is 0 Å². The van der Waals surface area contributed by atoms with Crippen molar-refractivity contribution in [2.24, 2.45) is 5.92 Å². The number of fused-ring (bicyclic) bond motifs is 2. The van der Waals surface area contributed by atoms with Crippen LogP contribution in [0.25, 0.3) is 0 Å². The Kier molecular flexibility index (Phi) is 6.05. The Labute approximate surface area is 196 Å². The number of benzene rings is 2. The van der Waals surface area contributed by atoms with Gasteiger partial charge in [0.15, 0.2) is 17.3 Å². The Morgan fingerprint density at radius 1 is 0.969 bits per heavy atom. The van der Waals surface area contributed by atoms with Gasteiger partial charge in [0.25, 0.3) is 0 Å². The average Bonchev–Trinajstić information content (AvgIpc) is 2.99. The quantitative estimate of drug-likeness (QED) is 0.418. The monoisotopic (exact) mass is 495 g/mol. The zero-order valence-corrected chi connectivity index (χ0v) is 19.5. The van der Waals surface area contributed by atoms with Crippen molar-refractivity contribution in [2.75, 3.05) is 18.5 Å². The number of amides is 1. The number of hydrogen-bond donors (Lipinski definition) is 1. The highest BCUT2D eigenvalue weighted by molar-refractivity contribution is 9.10. The molecule has 6 heteroatoms. The lowest BCUT2D eigenvalue weighted by Gasteiger charge is -2.25. The van der Waals surface area contributed by atoms with Crippen LogP contribution in [0.4, 0.5) is 5.69 Å². The van der Waals surface area contributed by atoms with Gasteiger partial charge in [-0.2, -0.15) is 0 Å². The van der Waals surface area contributed by atoms with Crippen LogP contribution in [0.2, 0.25) is 0 Å². The molecule has 1 heterocycles. The first-order chi connectivity index (χ1) is 15.6. The topological polar surface area (TPSA) is 64.6 Å². The smallest absolute Gasteiger partial charge is 0.227 e. The molecule has 5 rings (SSSR count). The lowest BCUT2D eigenvalue weighted by atomic mass is 9.81. The molecule has 32 heavy (non-hydrogen) atoms. The Bertz CT molecular complexity index is 1100. The summed E-state index contributed by atoms with van der Waals surface area (Å²) in [4.78, 5) is 26.1. The number of Topliss-reactive ketones (excluding diaryl/α,β-unsaturated/α-hetero) is 1. The number of rotatable bonds is 2. The molecule has 1 saturated carbocycles. The van der Waals surface area contributed by atoms with Gasteiger partial charge in [0.05, 0.1) is 0 Å². The SMILES string of the molecule is O=C1C(=C2CCC(C(=O)Nc3ccc4c(c3)OCCO4)CC2)CCCc2c(Br)cccc21. The van der Waals surface area contributed by atoms with Crippen molar-refractivity contribution in [3.8, 4) is 11.5 Å². The Hall–Kier alpha value is -2.60. The Morgan fingerprint density at radius 2 is 1.75 bits per heavy atom. The summed E-state index contributed by atoms with van der Waals surface area (Å²) in [5.41, 5.74) is 4.90. The molecule has 2 aromatic rings. The van der Waals surface area contributed by atoms with Crippen molar-refractivity contribution >= 4 is 33.3 Å². The number of carbonyl (C=O) groups is 2. The van der Waals surface area contributed by atoms with Crippen molar-refractivity contribution in [1.29, 1.82) is 0 Å². The van der Waals surface area contributed by atoms with Crippen LogP contribution in [-0.2, 0) is 11.2 Å². The van der Waals surface area contributed by atoms with E-state index in [-0.39, 0.29) is 17.6 Å². The summed E-state index contributed by atoms with van der Waals surface area (Å²) >= 11 is 3.60. The van der Waals surface area contributed by atoms with Crippen molar-refractivity contribution in [3.05, 3.63) is 63.1 Å². The third-order valence-electron chi connectivity index (χ3n) is 6.69. The van der Waals surface area contributed by atoms with Crippen LogP contribution in [-0.4, -0.2) is 24.9 Å². The van der Waals surface area contributed by atoms with E-state index < -0.39 is 0 Å². The van der Waals surface area contributed by atoms with Gasteiger partial charge >= 0.3 is 0 Å². The van der Waals surface area contributed by atoms with Gasteiger partial charge < -0.3 is 14.8 Å². The van der Waals surface area contributed by atoms with Crippen LogP contribution in [0.3, 0.4) is 0 Å². The zero-order chi connectivity index (χ0) is 22.1. The first kappa shape index (κ1) is 21.3. The third-order valence-corrected chi connectivity index (χ3v) is 7.43. The summed E-state index contributed by atoms with van der Waals surface area (Å²) in [6.45, 7) is 1.06. The van der Waals surface area contributed by atoms with E-state index in [2.05, 4.69) is 21.2 Å². The third kappa shape index (κ3) is 4.20. The summed E-state index contributed by atoms with van der Waals surface area (Å²) in [6.07, 6.45) is 5.88. The van der Waals surface area contributed by atoms with Crippen LogP contribution in [0.1, 0.15) is 54.4 Å². The fraction of sp³-hybridized carbons (Fsp3) is 0.385. The Balaban J connectivity index is 1.26. The Morgan fingerprint density at radius 3 is 2.56 bits per heavy atom. The lowest BCUT2D eigenvalue weighted by Crippen LogP contribution is -2.26. The number of hydrogen-bond acceptors (Lipinski definition) is 4. The molecule has 0 unspecified atom stereocenters. The van der Waals surface area contributed by atoms with Crippen LogP contribution >= 0.6 is 15.9 Å². The number of anilines is 1. The molecule has 1 fully saturated rings. The predicted molar refractivity (Wildman–Crippen MR) is 126 cm³/mol. The second-order valence-electron chi connectivity index (χ2n) is 8.65. The maximum absolute atomic E-state index is 13.3. The largest absolute Gasteiger partial charge is 0.486 e. The molecule has 1 N–H and O–H groups in total. The molecule has 0 atom stereocenters. The van der Waals surface area contributed by atoms with Gasteiger partial charge in [-0.1, -0.05) is 33.6 Å². The fourth-order valence-electron chi connectivity index (χ4n) is 4.98. The number of halogens is 1.